The summed E-state index contributed by atoms with van der Waals surface area (Å²) in [5.41, 5.74) is 1.16. The largest absolute Gasteiger partial charge is 0.506 e. The summed E-state index contributed by atoms with van der Waals surface area (Å²) >= 11 is 7.31. The second-order valence-corrected chi connectivity index (χ2v) is 4.64. The van der Waals surface area contributed by atoms with Gasteiger partial charge in [0.25, 0.3) is 0 Å². The van der Waals surface area contributed by atoms with Crippen LogP contribution in [0.3, 0.4) is 0 Å². The van der Waals surface area contributed by atoms with Crippen LogP contribution < -0.4 is 0 Å². The smallest absolute Gasteiger partial charge is 0.133 e. The third kappa shape index (κ3) is 1.60. The van der Waals surface area contributed by atoms with Gasteiger partial charge >= 0.3 is 0 Å². The molecule has 0 saturated heterocycles. The highest BCUT2D eigenvalue weighted by Gasteiger charge is 2.06. The molecule has 0 spiro atoms. The molecule has 1 nitrogen and oxygen atoms in total. The van der Waals surface area contributed by atoms with Gasteiger partial charge in [-0.15, -0.1) is 22.9 Å². The molecule has 0 aliphatic rings. The second-order valence-electron chi connectivity index (χ2n) is 3.23. The molecule has 74 valence electrons. The molecular formula is C11H11ClOS. The topological polar surface area (TPSA) is 20.2 Å². The summed E-state index contributed by atoms with van der Waals surface area (Å²) in [7, 11) is 0. The monoisotopic (exact) mass is 226 g/mol. The maximum Gasteiger partial charge on any atom is 0.133 e. The Kier molecular flexibility index (Phi) is 2.66. The fourth-order valence-electron chi connectivity index (χ4n) is 1.52. The van der Waals surface area contributed by atoms with E-state index in [1.54, 1.807) is 11.3 Å². The first-order valence-electron chi connectivity index (χ1n) is 4.55. The molecule has 0 radical (unpaired) electrons. The molecular weight excluding hydrogens is 216 g/mol. The average molecular weight is 227 g/mol. The van der Waals surface area contributed by atoms with Gasteiger partial charge < -0.3 is 5.11 Å². The summed E-state index contributed by atoms with van der Waals surface area (Å²) in [5, 5.41) is 10.9. The first kappa shape index (κ1) is 9.81. The highest BCUT2D eigenvalue weighted by molar-refractivity contribution is 7.19. The molecule has 1 heterocycles. The van der Waals surface area contributed by atoms with Gasteiger partial charge in [-0.2, -0.15) is 0 Å². The third-order valence-corrected chi connectivity index (χ3v) is 3.87. The molecule has 0 saturated carbocycles. The zero-order chi connectivity index (χ0) is 10.1. The summed E-state index contributed by atoms with van der Waals surface area (Å²) in [5.74, 6) is 0.890. The minimum atomic E-state index is 0.376. The van der Waals surface area contributed by atoms with Crippen LogP contribution in [-0.4, -0.2) is 5.11 Å². The molecule has 1 N–H and O–H groups in total. The standard InChI is InChI=1S/C11H11ClOS/c1-2-7-3-8-5-9(6-12)14-11(8)10(13)4-7/h3-5,13H,2,6H2,1H3. The number of aromatic hydroxyl groups is 1. The lowest BCUT2D eigenvalue weighted by atomic mass is 10.1. The van der Waals surface area contributed by atoms with Crippen molar-refractivity contribution in [2.24, 2.45) is 0 Å². The Morgan fingerprint density at radius 3 is 2.79 bits per heavy atom. The van der Waals surface area contributed by atoms with Crippen LogP contribution in [-0.2, 0) is 12.3 Å². The summed E-state index contributed by atoms with van der Waals surface area (Å²) in [6.07, 6.45) is 0.940. The van der Waals surface area contributed by atoms with Crippen molar-refractivity contribution in [2.75, 3.05) is 0 Å². The van der Waals surface area contributed by atoms with Crippen LogP contribution in [0.4, 0.5) is 0 Å². The fourth-order valence-corrected chi connectivity index (χ4v) is 2.66. The molecule has 0 unspecified atom stereocenters. The number of thiophene rings is 1. The molecule has 1 aromatic heterocycles. The van der Waals surface area contributed by atoms with E-state index in [2.05, 4.69) is 13.0 Å². The van der Waals surface area contributed by atoms with Crippen LogP contribution in [0.25, 0.3) is 10.1 Å². The zero-order valence-electron chi connectivity index (χ0n) is 7.88. The maximum absolute atomic E-state index is 9.76. The van der Waals surface area contributed by atoms with Crippen molar-refractivity contribution in [3.05, 3.63) is 28.6 Å². The normalized spacial score (nSPS) is 11.0. The minimum absolute atomic E-state index is 0.376. The Hall–Kier alpha value is -0.730. The summed E-state index contributed by atoms with van der Waals surface area (Å²) < 4.78 is 0.942. The molecule has 2 rings (SSSR count). The number of hydrogen-bond donors (Lipinski definition) is 1. The molecule has 0 bridgehead atoms. The lowest BCUT2D eigenvalue weighted by Crippen LogP contribution is -1.78. The Morgan fingerprint density at radius 1 is 1.36 bits per heavy atom. The van der Waals surface area contributed by atoms with Gasteiger partial charge in [0, 0.05) is 4.88 Å². The maximum atomic E-state index is 9.76. The number of fused-ring (bicyclic) bond motifs is 1. The number of benzene rings is 1. The number of rotatable bonds is 2. The third-order valence-electron chi connectivity index (χ3n) is 2.25. The summed E-state index contributed by atoms with van der Waals surface area (Å²) in [6, 6.07) is 5.99. The van der Waals surface area contributed by atoms with Crippen molar-refractivity contribution >= 4 is 33.0 Å². The van der Waals surface area contributed by atoms with Gasteiger partial charge in [-0.05, 0) is 29.5 Å². The van der Waals surface area contributed by atoms with E-state index in [0.717, 1.165) is 26.9 Å². The Labute approximate surface area is 91.9 Å². The first-order chi connectivity index (χ1) is 6.74. The van der Waals surface area contributed by atoms with Gasteiger partial charge in [0.2, 0.25) is 0 Å². The van der Waals surface area contributed by atoms with Gasteiger partial charge in [0.05, 0.1) is 10.6 Å². The highest BCUT2D eigenvalue weighted by Crippen LogP contribution is 2.34. The molecule has 0 aliphatic heterocycles. The van der Waals surface area contributed by atoms with Crippen LogP contribution in [0.5, 0.6) is 5.75 Å². The van der Waals surface area contributed by atoms with Crippen LogP contribution in [0.1, 0.15) is 17.4 Å². The van der Waals surface area contributed by atoms with E-state index >= 15 is 0 Å². The Balaban J connectivity index is 2.67. The molecule has 3 heteroatoms. The van der Waals surface area contributed by atoms with Gasteiger partial charge in [0.1, 0.15) is 5.75 Å². The molecule has 0 fully saturated rings. The molecule has 1 aromatic carbocycles. The lowest BCUT2D eigenvalue weighted by Gasteiger charge is -1.99. The number of aryl methyl sites for hydroxylation is 1. The number of hydrogen-bond acceptors (Lipinski definition) is 2. The van der Waals surface area contributed by atoms with E-state index in [4.69, 9.17) is 11.6 Å². The molecule has 14 heavy (non-hydrogen) atoms. The van der Waals surface area contributed by atoms with E-state index in [9.17, 15) is 5.11 Å². The first-order valence-corrected chi connectivity index (χ1v) is 5.90. The molecule has 0 aliphatic carbocycles. The van der Waals surface area contributed by atoms with E-state index < -0.39 is 0 Å². The van der Waals surface area contributed by atoms with Crippen molar-refractivity contribution in [3.8, 4) is 5.75 Å². The Morgan fingerprint density at radius 2 is 2.14 bits per heavy atom. The van der Waals surface area contributed by atoms with Crippen LogP contribution in [0.15, 0.2) is 18.2 Å². The van der Waals surface area contributed by atoms with Gasteiger partial charge in [-0.25, -0.2) is 0 Å². The SMILES string of the molecule is CCc1cc(O)c2sc(CCl)cc2c1. The predicted octanol–water partition coefficient (Wildman–Crippen LogP) is 3.91. The summed E-state index contributed by atoms with van der Waals surface area (Å²) in [6.45, 7) is 2.08. The number of alkyl halides is 1. The van der Waals surface area contributed by atoms with Crippen LogP contribution in [0, 0.1) is 0 Å². The van der Waals surface area contributed by atoms with Crippen molar-refractivity contribution in [2.45, 2.75) is 19.2 Å². The molecule has 2 aromatic rings. The predicted molar refractivity (Wildman–Crippen MR) is 62.4 cm³/mol. The van der Waals surface area contributed by atoms with Crippen molar-refractivity contribution < 1.29 is 5.11 Å². The van der Waals surface area contributed by atoms with Crippen molar-refractivity contribution in [3.63, 3.8) is 0 Å². The number of phenolic OH excluding ortho intramolecular Hbond substituents is 1. The minimum Gasteiger partial charge on any atom is -0.506 e. The number of phenols is 1. The van der Waals surface area contributed by atoms with Gasteiger partial charge in [-0.3, -0.25) is 0 Å². The number of halogens is 1. The van der Waals surface area contributed by atoms with Crippen molar-refractivity contribution in [1.82, 2.24) is 0 Å². The summed E-state index contributed by atoms with van der Waals surface area (Å²) in [4.78, 5) is 1.10. The van der Waals surface area contributed by atoms with Crippen LogP contribution >= 0.6 is 22.9 Å². The van der Waals surface area contributed by atoms with Crippen molar-refractivity contribution in [1.29, 1.82) is 0 Å². The van der Waals surface area contributed by atoms with Crippen LogP contribution in [0.2, 0.25) is 0 Å². The second kappa shape index (κ2) is 3.79. The lowest BCUT2D eigenvalue weighted by molar-refractivity contribution is 0.482. The van der Waals surface area contributed by atoms with E-state index in [1.807, 2.05) is 12.1 Å². The van der Waals surface area contributed by atoms with Gasteiger partial charge in [-0.1, -0.05) is 13.0 Å². The fraction of sp³-hybridized carbons (Fsp3) is 0.273. The quantitative estimate of drug-likeness (QED) is 0.770. The molecule has 0 atom stereocenters. The highest BCUT2D eigenvalue weighted by atomic mass is 35.5. The van der Waals surface area contributed by atoms with E-state index in [-0.39, 0.29) is 0 Å². The zero-order valence-corrected chi connectivity index (χ0v) is 9.45. The van der Waals surface area contributed by atoms with E-state index in [1.165, 1.54) is 0 Å². The molecule has 0 amide bonds. The average Bonchev–Trinajstić information content (AvgIpc) is 2.61. The van der Waals surface area contributed by atoms with E-state index in [0.29, 0.717) is 11.6 Å². The van der Waals surface area contributed by atoms with Gasteiger partial charge in [0.15, 0.2) is 0 Å². The Bertz CT molecular complexity index is 462.